The highest BCUT2D eigenvalue weighted by Gasteiger charge is 2.22. The lowest BCUT2D eigenvalue weighted by atomic mass is 10.2. The number of aromatic nitrogens is 3. The summed E-state index contributed by atoms with van der Waals surface area (Å²) in [5.41, 5.74) is 0.747. The van der Waals surface area contributed by atoms with Gasteiger partial charge >= 0.3 is 5.97 Å². The predicted octanol–water partition coefficient (Wildman–Crippen LogP) is 3.59. The number of nitrogens with zero attached hydrogens (tertiary/aromatic N) is 3. The van der Waals surface area contributed by atoms with E-state index in [9.17, 15) is 13.2 Å². The van der Waals surface area contributed by atoms with E-state index in [1.807, 2.05) is 17.5 Å². The number of pyridine rings is 1. The van der Waals surface area contributed by atoms with Crippen molar-refractivity contribution in [3.63, 3.8) is 0 Å². The van der Waals surface area contributed by atoms with Crippen molar-refractivity contribution in [3.8, 4) is 11.4 Å². The van der Waals surface area contributed by atoms with E-state index in [2.05, 4.69) is 19.8 Å². The van der Waals surface area contributed by atoms with Gasteiger partial charge in [-0.3, -0.25) is 4.98 Å². The second-order valence-electron chi connectivity index (χ2n) is 6.68. The first-order chi connectivity index (χ1) is 15.4. The third-order valence-corrected chi connectivity index (χ3v) is 6.66. The minimum absolute atomic E-state index is 0.0344. The van der Waals surface area contributed by atoms with E-state index in [4.69, 9.17) is 9.26 Å². The van der Waals surface area contributed by atoms with Crippen LogP contribution in [0.15, 0.2) is 75.7 Å². The summed E-state index contributed by atoms with van der Waals surface area (Å²) in [5, 5.41) is 5.74. The molecule has 0 aliphatic rings. The van der Waals surface area contributed by atoms with Crippen LogP contribution in [0.4, 0.5) is 0 Å². The highest BCUT2D eigenvalue weighted by Crippen LogP contribution is 2.22. The topological polar surface area (TPSA) is 124 Å². The van der Waals surface area contributed by atoms with Crippen LogP contribution >= 0.6 is 11.3 Å². The molecule has 1 N–H and O–H groups in total. The number of rotatable bonds is 8. The summed E-state index contributed by atoms with van der Waals surface area (Å²) in [5.74, 6) is -0.284. The van der Waals surface area contributed by atoms with E-state index < -0.39 is 22.1 Å². The Hall–Kier alpha value is -3.41. The van der Waals surface area contributed by atoms with E-state index in [0.29, 0.717) is 11.4 Å². The molecular weight excluding hydrogens is 452 g/mol. The average molecular weight is 471 g/mol. The van der Waals surface area contributed by atoms with Crippen LogP contribution in [0.3, 0.4) is 0 Å². The Balaban J connectivity index is 1.44. The van der Waals surface area contributed by atoms with Gasteiger partial charge in [-0.2, -0.15) is 4.98 Å². The molecule has 0 bridgehead atoms. The van der Waals surface area contributed by atoms with E-state index in [1.54, 1.807) is 31.5 Å². The third kappa shape index (κ3) is 5.07. The van der Waals surface area contributed by atoms with Crippen LogP contribution in [0.25, 0.3) is 11.4 Å². The smallest absolute Gasteiger partial charge is 0.338 e. The highest BCUT2D eigenvalue weighted by atomic mass is 32.2. The van der Waals surface area contributed by atoms with Crippen molar-refractivity contribution < 1.29 is 22.5 Å². The first kappa shape index (κ1) is 21.8. The quantitative estimate of drug-likeness (QED) is 0.388. The number of carbonyl (C=O) groups excluding carboxylic acids is 1. The second kappa shape index (κ2) is 9.39. The predicted molar refractivity (Wildman–Crippen MR) is 116 cm³/mol. The number of esters is 1. The lowest BCUT2D eigenvalue weighted by Gasteiger charge is -2.10. The Bertz CT molecular complexity index is 1300. The molecule has 0 saturated carbocycles. The largest absolute Gasteiger partial charge is 0.449 e. The van der Waals surface area contributed by atoms with Crippen LogP contribution in [0.1, 0.15) is 34.2 Å². The van der Waals surface area contributed by atoms with Crippen molar-refractivity contribution >= 4 is 27.3 Å². The van der Waals surface area contributed by atoms with Gasteiger partial charge in [-0.1, -0.05) is 17.3 Å². The number of thiophene rings is 1. The van der Waals surface area contributed by atoms with Crippen LogP contribution in [-0.4, -0.2) is 29.5 Å². The molecule has 164 valence electrons. The molecule has 0 radical (unpaired) electrons. The van der Waals surface area contributed by atoms with Gasteiger partial charge in [-0.05, 0) is 48.7 Å². The molecule has 11 heteroatoms. The molecule has 0 aliphatic heterocycles. The molecular formula is C21H18N4O5S2. The number of sulfonamides is 1. The van der Waals surface area contributed by atoms with Crippen molar-refractivity contribution in [2.45, 2.75) is 24.5 Å². The Morgan fingerprint density at radius 3 is 2.84 bits per heavy atom. The first-order valence-electron chi connectivity index (χ1n) is 9.49. The molecule has 3 aromatic heterocycles. The molecule has 0 saturated heterocycles. The molecule has 0 spiro atoms. The molecule has 1 unspecified atom stereocenters. The maximum Gasteiger partial charge on any atom is 0.338 e. The van der Waals surface area contributed by atoms with Crippen molar-refractivity contribution in [1.82, 2.24) is 19.8 Å². The van der Waals surface area contributed by atoms with Crippen molar-refractivity contribution in [2.24, 2.45) is 0 Å². The number of carbonyl (C=O) groups is 1. The summed E-state index contributed by atoms with van der Waals surface area (Å²) in [6.07, 6.45) is 2.38. The summed E-state index contributed by atoms with van der Waals surface area (Å²) in [7, 11) is -3.80. The van der Waals surface area contributed by atoms with Crippen LogP contribution in [0.2, 0.25) is 0 Å². The molecule has 3 heterocycles. The minimum Gasteiger partial charge on any atom is -0.449 e. The lowest BCUT2D eigenvalue weighted by molar-refractivity contribution is 0.0265. The Morgan fingerprint density at radius 2 is 2.09 bits per heavy atom. The molecule has 0 amide bonds. The van der Waals surface area contributed by atoms with E-state index in [0.717, 1.165) is 4.88 Å². The molecule has 4 aromatic rings. The van der Waals surface area contributed by atoms with Crippen LogP contribution in [0, 0.1) is 0 Å². The number of nitrogens with one attached hydrogen (secondary N) is 1. The molecule has 1 aromatic carbocycles. The first-order valence-corrected chi connectivity index (χ1v) is 11.9. The van der Waals surface area contributed by atoms with Crippen molar-refractivity contribution in [1.29, 1.82) is 0 Å². The fraction of sp³-hybridized carbons (Fsp3) is 0.143. The van der Waals surface area contributed by atoms with Gasteiger partial charge in [0.15, 0.2) is 6.10 Å². The lowest BCUT2D eigenvalue weighted by Crippen LogP contribution is -2.23. The Kier molecular flexibility index (Phi) is 6.40. The number of hydrogen-bond acceptors (Lipinski definition) is 9. The van der Waals surface area contributed by atoms with Gasteiger partial charge in [0.25, 0.3) is 5.89 Å². The summed E-state index contributed by atoms with van der Waals surface area (Å²) in [6, 6.07) is 12.8. The Morgan fingerprint density at radius 1 is 1.22 bits per heavy atom. The van der Waals surface area contributed by atoms with Crippen molar-refractivity contribution in [3.05, 3.63) is 82.6 Å². The molecule has 0 fully saturated rings. The normalized spacial score (nSPS) is 12.4. The van der Waals surface area contributed by atoms with E-state index in [1.165, 1.54) is 35.6 Å². The van der Waals surface area contributed by atoms with Crippen molar-refractivity contribution in [2.75, 3.05) is 0 Å². The zero-order valence-corrected chi connectivity index (χ0v) is 18.5. The van der Waals surface area contributed by atoms with Gasteiger partial charge in [0.1, 0.15) is 0 Å². The van der Waals surface area contributed by atoms with Gasteiger partial charge in [0, 0.05) is 29.4 Å². The fourth-order valence-corrected chi connectivity index (χ4v) is 4.53. The average Bonchev–Trinajstić information content (AvgIpc) is 3.51. The highest BCUT2D eigenvalue weighted by molar-refractivity contribution is 7.89. The summed E-state index contributed by atoms with van der Waals surface area (Å²) < 4.78 is 38.3. The van der Waals surface area contributed by atoms with Gasteiger partial charge < -0.3 is 9.26 Å². The fourth-order valence-electron chi connectivity index (χ4n) is 2.74. The summed E-state index contributed by atoms with van der Waals surface area (Å²) in [6.45, 7) is 1.75. The molecule has 32 heavy (non-hydrogen) atoms. The van der Waals surface area contributed by atoms with Gasteiger partial charge in [0.05, 0.1) is 10.5 Å². The van der Waals surface area contributed by atoms with Crippen LogP contribution in [0.5, 0.6) is 0 Å². The van der Waals surface area contributed by atoms with Gasteiger partial charge in [-0.25, -0.2) is 17.9 Å². The number of benzene rings is 1. The molecule has 4 rings (SSSR count). The minimum atomic E-state index is -3.80. The zero-order chi connectivity index (χ0) is 22.6. The zero-order valence-electron chi connectivity index (χ0n) is 16.8. The standard InChI is InChI=1S/C21H18N4O5S2/c1-14(20-24-19(25-30-20)16-6-3-9-22-12-16)29-21(26)15-5-2-8-18(11-15)32(27,28)23-13-17-7-4-10-31-17/h2-12,14,23H,13H2,1H3. The number of ether oxygens (including phenoxy) is 1. The monoisotopic (exact) mass is 470 g/mol. The SMILES string of the molecule is CC(OC(=O)c1cccc(S(=O)(=O)NCc2cccs2)c1)c1nc(-c2cccnc2)no1. The number of hydrogen-bond donors (Lipinski definition) is 1. The maximum absolute atomic E-state index is 12.6. The summed E-state index contributed by atoms with van der Waals surface area (Å²) >= 11 is 1.45. The van der Waals surface area contributed by atoms with Gasteiger partial charge in [-0.15, -0.1) is 11.3 Å². The summed E-state index contributed by atoms with van der Waals surface area (Å²) in [4.78, 5) is 21.7. The second-order valence-corrected chi connectivity index (χ2v) is 9.48. The van der Waals surface area contributed by atoms with Crippen LogP contribution in [-0.2, 0) is 21.3 Å². The molecule has 1 atom stereocenters. The van der Waals surface area contributed by atoms with E-state index in [-0.39, 0.29) is 22.9 Å². The third-order valence-electron chi connectivity index (χ3n) is 4.39. The Labute approximate surface area is 188 Å². The van der Waals surface area contributed by atoms with Crippen LogP contribution < -0.4 is 4.72 Å². The molecule has 9 nitrogen and oxygen atoms in total. The van der Waals surface area contributed by atoms with E-state index >= 15 is 0 Å². The maximum atomic E-state index is 12.6. The van der Waals surface area contributed by atoms with Gasteiger partial charge in [0.2, 0.25) is 15.8 Å². The molecule has 0 aliphatic carbocycles.